The highest BCUT2D eigenvalue weighted by atomic mass is 16.4. The number of nitrogens with one attached hydrogen (secondary N) is 1. The largest absolute Gasteiger partial charge is 0.481 e. The minimum Gasteiger partial charge on any atom is -0.481 e. The van der Waals surface area contributed by atoms with Crippen LogP contribution in [0.5, 0.6) is 0 Å². The van der Waals surface area contributed by atoms with Gasteiger partial charge in [-0.2, -0.15) is 0 Å². The molecular formula is C16H23NO3. The predicted octanol–water partition coefficient (Wildman–Crippen LogP) is 1.89. The van der Waals surface area contributed by atoms with Crippen molar-refractivity contribution < 1.29 is 14.7 Å². The standard InChI is InChI=1S/C16H23NO3/c1-16(2)11-3-7(4-12(11)16)14(18)17-13-6-10(15(19)20)8-5-9(8)13/h7-13H,3-6H2,1-2H3,(H,17,18)(H,19,20)/t7?,8-,9+,10-,11-,12+,13+/m0/s1. The van der Waals surface area contributed by atoms with Gasteiger partial charge in [-0.05, 0) is 54.8 Å². The number of carboxylic acid groups (broad SMARTS) is 1. The highest BCUT2D eigenvalue weighted by Crippen LogP contribution is 2.68. The van der Waals surface area contributed by atoms with Crippen molar-refractivity contribution in [1.82, 2.24) is 5.32 Å². The molecule has 4 nitrogen and oxygen atoms in total. The normalized spacial score (nSPS) is 50.2. The molecule has 0 aromatic heterocycles. The fourth-order valence-electron chi connectivity index (χ4n) is 5.25. The van der Waals surface area contributed by atoms with Crippen LogP contribution in [0.25, 0.3) is 0 Å². The third-order valence-electron chi connectivity index (χ3n) is 6.81. The quantitative estimate of drug-likeness (QED) is 0.828. The molecule has 4 saturated carbocycles. The van der Waals surface area contributed by atoms with E-state index < -0.39 is 5.97 Å². The summed E-state index contributed by atoms with van der Waals surface area (Å²) in [6.07, 6.45) is 3.70. The third kappa shape index (κ3) is 1.66. The van der Waals surface area contributed by atoms with Gasteiger partial charge in [0.25, 0.3) is 0 Å². The first kappa shape index (κ1) is 12.7. The lowest BCUT2D eigenvalue weighted by atomic mass is 9.92. The number of aliphatic carboxylic acids is 1. The Kier molecular flexibility index (Phi) is 2.39. The van der Waals surface area contributed by atoms with E-state index in [1.165, 1.54) is 0 Å². The first-order valence-corrected chi connectivity index (χ1v) is 7.92. The van der Waals surface area contributed by atoms with Crippen LogP contribution in [-0.2, 0) is 9.59 Å². The second-order valence-corrected chi connectivity index (χ2v) is 8.06. The Labute approximate surface area is 119 Å². The van der Waals surface area contributed by atoms with Gasteiger partial charge in [0.1, 0.15) is 0 Å². The number of fused-ring (bicyclic) bond motifs is 2. The van der Waals surface area contributed by atoms with Gasteiger partial charge < -0.3 is 10.4 Å². The van der Waals surface area contributed by atoms with Crippen LogP contribution >= 0.6 is 0 Å². The lowest BCUT2D eigenvalue weighted by Gasteiger charge is -2.21. The summed E-state index contributed by atoms with van der Waals surface area (Å²) in [6, 6.07) is 0.124. The number of hydrogen-bond acceptors (Lipinski definition) is 2. The van der Waals surface area contributed by atoms with Gasteiger partial charge in [-0.15, -0.1) is 0 Å². The lowest BCUT2D eigenvalue weighted by Crippen LogP contribution is -2.39. The van der Waals surface area contributed by atoms with Crippen LogP contribution in [-0.4, -0.2) is 23.0 Å². The Morgan fingerprint density at radius 3 is 2.25 bits per heavy atom. The molecule has 4 heteroatoms. The van der Waals surface area contributed by atoms with E-state index in [0.29, 0.717) is 23.7 Å². The predicted molar refractivity (Wildman–Crippen MR) is 72.8 cm³/mol. The zero-order valence-corrected chi connectivity index (χ0v) is 12.1. The minimum atomic E-state index is -0.682. The van der Waals surface area contributed by atoms with Crippen LogP contribution in [0.2, 0.25) is 0 Å². The van der Waals surface area contributed by atoms with Crippen molar-refractivity contribution in [2.24, 2.45) is 40.9 Å². The Morgan fingerprint density at radius 1 is 1.05 bits per heavy atom. The van der Waals surface area contributed by atoms with Crippen LogP contribution in [0.3, 0.4) is 0 Å². The summed E-state index contributed by atoms with van der Waals surface area (Å²) in [7, 11) is 0. The fourth-order valence-corrected chi connectivity index (χ4v) is 5.25. The maximum Gasteiger partial charge on any atom is 0.306 e. The maximum atomic E-state index is 12.4. The number of carbonyl (C=O) groups excluding carboxylic acids is 1. The van der Waals surface area contributed by atoms with Crippen molar-refractivity contribution in [3.8, 4) is 0 Å². The molecule has 7 atom stereocenters. The Balaban J connectivity index is 1.33. The van der Waals surface area contributed by atoms with Gasteiger partial charge in [0, 0.05) is 12.0 Å². The maximum absolute atomic E-state index is 12.4. The van der Waals surface area contributed by atoms with Crippen LogP contribution in [0.1, 0.15) is 39.5 Å². The highest BCUT2D eigenvalue weighted by molar-refractivity contribution is 5.80. The first-order valence-electron chi connectivity index (χ1n) is 7.92. The van der Waals surface area contributed by atoms with Crippen molar-refractivity contribution in [3.05, 3.63) is 0 Å². The van der Waals surface area contributed by atoms with Gasteiger partial charge >= 0.3 is 5.97 Å². The van der Waals surface area contributed by atoms with Crippen molar-refractivity contribution in [3.63, 3.8) is 0 Å². The first-order chi connectivity index (χ1) is 9.39. The summed E-state index contributed by atoms with van der Waals surface area (Å²) in [5.74, 6) is 1.71. The van der Waals surface area contributed by atoms with Crippen molar-refractivity contribution in [2.45, 2.75) is 45.6 Å². The summed E-state index contributed by atoms with van der Waals surface area (Å²) in [5, 5.41) is 12.3. The Morgan fingerprint density at radius 2 is 1.70 bits per heavy atom. The molecule has 1 unspecified atom stereocenters. The molecule has 0 heterocycles. The smallest absolute Gasteiger partial charge is 0.306 e. The van der Waals surface area contributed by atoms with Gasteiger partial charge in [-0.1, -0.05) is 13.8 Å². The molecule has 0 spiro atoms. The molecule has 0 aromatic carbocycles. The molecule has 4 rings (SSSR count). The van der Waals surface area contributed by atoms with E-state index in [1.807, 2.05) is 0 Å². The molecule has 2 N–H and O–H groups in total. The third-order valence-corrected chi connectivity index (χ3v) is 6.81. The molecule has 20 heavy (non-hydrogen) atoms. The van der Waals surface area contributed by atoms with Gasteiger partial charge in [-0.3, -0.25) is 9.59 Å². The molecule has 1 amide bonds. The van der Waals surface area contributed by atoms with E-state index in [1.54, 1.807) is 0 Å². The molecule has 0 aromatic rings. The van der Waals surface area contributed by atoms with E-state index in [0.717, 1.165) is 31.1 Å². The fraction of sp³-hybridized carbons (Fsp3) is 0.875. The molecule has 4 aliphatic carbocycles. The summed E-state index contributed by atoms with van der Waals surface area (Å²) >= 11 is 0. The molecule has 4 fully saturated rings. The number of carbonyl (C=O) groups is 2. The highest BCUT2D eigenvalue weighted by Gasteiger charge is 2.63. The molecule has 0 radical (unpaired) electrons. The van der Waals surface area contributed by atoms with Gasteiger partial charge in [0.05, 0.1) is 5.92 Å². The van der Waals surface area contributed by atoms with Crippen molar-refractivity contribution in [2.75, 3.05) is 0 Å². The minimum absolute atomic E-state index is 0.124. The summed E-state index contributed by atoms with van der Waals surface area (Å²) < 4.78 is 0. The topological polar surface area (TPSA) is 66.4 Å². The Hall–Kier alpha value is -1.06. The molecule has 0 saturated heterocycles. The van der Waals surface area contributed by atoms with E-state index >= 15 is 0 Å². The number of carboxylic acids is 1. The SMILES string of the molecule is CC1(C)[C@@H]2CC(C(=O)N[C@@H]3C[C@H](C(=O)O)[C@H]4C[C@H]43)C[C@@H]21. The second kappa shape index (κ2) is 3.77. The summed E-state index contributed by atoms with van der Waals surface area (Å²) in [4.78, 5) is 23.5. The molecule has 0 bridgehead atoms. The molecule has 110 valence electrons. The zero-order chi connectivity index (χ0) is 14.2. The van der Waals surface area contributed by atoms with Crippen molar-refractivity contribution >= 4 is 11.9 Å². The molecule has 4 aliphatic rings. The van der Waals surface area contributed by atoms with Gasteiger partial charge in [0.15, 0.2) is 0 Å². The van der Waals surface area contributed by atoms with Crippen LogP contribution in [0.4, 0.5) is 0 Å². The number of hydrogen-bond donors (Lipinski definition) is 2. The number of rotatable bonds is 3. The summed E-state index contributed by atoms with van der Waals surface area (Å²) in [6.45, 7) is 4.61. The van der Waals surface area contributed by atoms with E-state index in [-0.39, 0.29) is 23.8 Å². The Bertz CT molecular complexity index is 472. The second-order valence-electron chi connectivity index (χ2n) is 8.06. The van der Waals surface area contributed by atoms with Crippen LogP contribution < -0.4 is 5.32 Å². The molecule has 0 aliphatic heterocycles. The van der Waals surface area contributed by atoms with Crippen LogP contribution in [0.15, 0.2) is 0 Å². The van der Waals surface area contributed by atoms with Crippen molar-refractivity contribution in [1.29, 1.82) is 0 Å². The van der Waals surface area contributed by atoms with E-state index in [9.17, 15) is 9.59 Å². The zero-order valence-electron chi connectivity index (χ0n) is 12.1. The van der Waals surface area contributed by atoms with Gasteiger partial charge in [0.2, 0.25) is 5.91 Å². The average molecular weight is 277 g/mol. The lowest BCUT2D eigenvalue weighted by molar-refractivity contribution is -0.142. The van der Waals surface area contributed by atoms with Crippen LogP contribution in [0, 0.1) is 40.9 Å². The van der Waals surface area contributed by atoms with Gasteiger partial charge in [-0.25, -0.2) is 0 Å². The molecular weight excluding hydrogens is 254 g/mol. The van der Waals surface area contributed by atoms with E-state index in [4.69, 9.17) is 5.11 Å². The number of amides is 1. The van der Waals surface area contributed by atoms with E-state index in [2.05, 4.69) is 19.2 Å². The average Bonchev–Trinajstić information content (AvgIpc) is 3.09. The summed E-state index contributed by atoms with van der Waals surface area (Å²) in [5.41, 5.74) is 0.458. The monoisotopic (exact) mass is 277 g/mol.